The zero-order valence-corrected chi connectivity index (χ0v) is 11.3. The summed E-state index contributed by atoms with van der Waals surface area (Å²) in [7, 11) is 0. The maximum atomic E-state index is 5.54. The van der Waals surface area contributed by atoms with Gasteiger partial charge in [-0.05, 0) is 31.2 Å². The quantitative estimate of drug-likeness (QED) is 0.615. The highest BCUT2D eigenvalue weighted by Gasteiger charge is 2.11. The lowest BCUT2D eigenvalue weighted by Gasteiger charge is -1.94. The summed E-state index contributed by atoms with van der Waals surface area (Å²) in [5, 5.41) is 7.94. The average Bonchev–Trinajstić information content (AvgIpc) is 3.13. The minimum Gasteiger partial charge on any atom is -0.459 e. The lowest BCUT2D eigenvalue weighted by Crippen LogP contribution is -1.77. The fourth-order valence-electron chi connectivity index (χ4n) is 1.54. The third-order valence-electron chi connectivity index (χ3n) is 2.46. The molecule has 0 atom stereocenters. The molecule has 3 aromatic rings. The summed E-state index contributed by atoms with van der Waals surface area (Å²) in [6.45, 7) is 6.03. The molecule has 114 valence electrons. The molecule has 2 heterocycles. The Labute approximate surface area is 126 Å². The number of aryl methyl sites for hydroxylation is 1. The second-order valence-electron chi connectivity index (χ2n) is 3.76. The Bertz CT molecular complexity index is 611. The predicted molar refractivity (Wildman–Crippen MR) is 87.0 cm³/mol. The monoisotopic (exact) mass is 288 g/mol. The van der Waals surface area contributed by atoms with Crippen LogP contribution in [0.3, 0.4) is 0 Å². The van der Waals surface area contributed by atoms with Crippen molar-refractivity contribution in [2.75, 3.05) is 0 Å². The van der Waals surface area contributed by atoms with Gasteiger partial charge in [0.2, 0.25) is 5.89 Å². The lowest BCUT2D eigenvalue weighted by atomic mass is 10.1. The first-order valence-electron chi connectivity index (χ1n) is 6.27. The molecule has 4 nitrogen and oxygen atoms in total. The van der Waals surface area contributed by atoms with Gasteiger partial charge in [-0.15, -0.1) is 10.2 Å². The van der Waals surface area contributed by atoms with Crippen LogP contribution < -0.4 is 0 Å². The molecule has 1 aromatic carbocycles. The first-order chi connectivity index (χ1) is 9.33. The highest BCUT2D eigenvalue weighted by atomic mass is 16.4. The van der Waals surface area contributed by atoms with Crippen molar-refractivity contribution >= 4 is 0 Å². The summed E-state index contributed by atoms with van der Waals surface area (Å²) >= 11 is 0. The van der Waals surface area contributed by atoms with Gasteiger partial charge in [0.25, 0.3) is 5.89 Å². The number of rotatable bonds is 2. The van der Waals surface area contributed by atoms with E-state index in [1.165, 1.54) is 5.56 Å². The Kier molecular flexibility index (Phi) is 7.76. The Morgan fingerprint density at radius 1 is 0.857 bits per heavy atom. The molecule has 0 radical (unpaired) electrons. The second kappa shape index (κ2) is 8.74. The molecule has 21 heavy (non-hydrogen) atoms. The van der Waals surface area contributed by atoms with E-state index in [0.29, 0.717) is 17.5 Å². The number of nitrogens with zero attached hydrogens (tertiary/aromatic N) is 2. The van der Waals surface area contributed by atoms with Crippen LogP contribution in [0.2, 0.25) is 0 Å². The highest BCUT2D eigenvalue weighted by Crippen LogP contribution is 2.23. The van der Waals surface area contributed by atoms with Crippen LogP contribution in [0.1, 0.15) is 34.3 Å². The van der Waals surface area contributed by atoms with Crippen molar-refractivity contribution in [1.82, 2.24) is 10.2 Å². The highest BCUT2D eigenvalue weighted by molar-refractivity contribution is 5.55. The van der Waals surface area contributed by atoms with Crippen molar-refractivity contribution in [1.29, 1.82) is 0 Å². The van der Waals surface area contributed by atoms with Crippen LogP contribution in [-0.2, 0) is 0 Å². The Balaban J connectivity index is 0.000000961. The first-order valence-corrected chi connectivity index (χ1v) is 6.27. The van der Waals surface area contributed by atoms with Crippen LogP contribution in [0.4, 0.5) is 0 Å². The standard InChI is InChI=1S/C13H10N2O2.C2H6.2CH4/c1-9-4-6-10(7-5-9)12-14-15-13(17-12)11-3-2-8-16-11;1-2;;/h2-8H,1H3;1-2H3;2*1H4. The van der Waals surface area contributed by atoms with E-state index in [1.807, 2.05) is 45.0 Å². The predicted octanol–water partition coefficient (Wildman–Crippen LogP) is 5.60. The maximum Gasteiger partial charge on any atom is 0.283 e. The molecule has 0 aliphatic heterocycles. The summed E-state index contributed by atoms with van der Waals surface area (Å²) in [5.74, 6) is 1.47. The third-order valence-corrected chi connectivity index (χ3v) is 2.46. The van der Waals surface area contributed by atoms with E-state index >= 15 is 0 Å². The molecular formula is C17H24N2O2. The first kappa shape index (κ1) is 18.6. The van der Waals surface area contributed by atoms with Crippen molar-refractivity contribution < 1.29 is 8.83 Å². The van der Waals surface area contributed by atoms with Gasteiger partial charge >= 0.3 is 0 Å². The van der Waals surface area contributed by atoms with E-state index in [1.54, 1.807) is 18.4 Å². The Morgan fingerprint density at radius 3 is 2.05 bits per heavy atom. The van der Waals surface area contributed by atoms with Crippen molar-refractivity contribution in [3.8, 4) is 23.1 Å². The molecule has 4 heteroatoms. The van der Waals surface area contributed by atoms with Crippen molar-refractivity contribution in [3.05, 3.63) is 48.2 Å². The van der Waals surface area contributed by atoms with Crippen molar-refractivity contribution in [2.45, 2.75) is 35.6 Å². The van der Waals surface area contributed by atoms with Crippen LogP contribution >= 0.6 is 0 Å². The van der Waals surface area contributed by atoms with Gasteiger partial charge in [-0.3, -0.25) is 0 Å². The lowest BCUT2D eigenvalue weighted by molar-refractivity contribution is 0.523. The fraction of sp³-hybridized carbons (Fsp3) is 0.294. The number of furan rings is 1. The van der Waals surface area contributed by atoms with Gasteiger partial charge in [0.1, 0.15) is 0 Å². The smallest absolute Gasteiger partial charge is 0.283 e. The van der Waals surface area contributed by atoms with E-state index in [0.717, 1.165) is 5.56 Å². The number of aromatic nitrogens is 2. The fourth-order valence-corrected chi connectivity index (χ4v) is 1.54. The van der Waals surface area contributed by atoms with E-state index in [9.17, 15) is 0 Å². The minimum absolute atomic E-state index is 0. The average molecular weight is 288 g/mol. The van der Waals surface area contributed by atoms with Gasteiger partial charge in [-0.2, -0.15) is 0 Å². The van der Waals surface area contributed by atoms with Crippen molar-refractivity contribution in [2.24, 2.45) is 0 Å². The largest absolute Gasteiger partial charge is 0.459 e. The molecule has 0 fully saturated rings. The normalized spacial score (nSPS) is 8.90. The van der Waals surface area contributed by atoms with Gasteiger partial charge < -0.3 is 8.83 Å². The Morgan fingerprint density at radius 2 is 1.48 bits per heavy atom. The second-order valence-corrected chi connectivity index (χ2v) is 3.76. The molecule has 0 bridgehead atoms. The summed E-state index contributed by atoms with van der Waals surface area (Å²) < 4.78 is 10.7. The molecule has 2 aromatic heterocycles. The van der Waals surface area contributed by atoms with Gasteiger partial charge in [0.05, 0.1) is 6.26 Å². The summed E-state index contributed by atoms with van der Waals surface area (Å²) in [5.41, 5.74) is 2.10. The SMILES string of the molecule is C.C.CC.Cc1ccc(-c2nnc(-c3ccco3)o2)cc1. The molecule has 0 saturated carbocycles. The van der Waals surface area contributed by atoms with Gasteiger partial charge in [-0.1, -0.05) is 46.4 Å². The zero-order valence-electron chi connectivity index (χ0n) is 11.3. The zero-order chi connectivity index (χ0) is 13.7. The molecule has 0 N–H and O–H groups in total. The van der Waals surface area contributed by atoms with E-state index in [2.05, 4.69) is 10.2 Å². The number of hydrogen-bond acceptors (Lipinski definition) is 4. The number of hydrogen-bond donors (Lipinski definition) is 0. The third kappa shape index (κ3) is 4.31. The van der Waals surface area contributed by atoms with Crippen LogP contribution in [0.25, 0.3) is 23.1 Å². The van der Waals surface area contributed by atoms with Crippen LogP contribution in [0, 0.1) is 6.92 Å². The summed E-state index contributed by atoms with van der Waals surface area (Å²) in [6, 6.07) is 11.5. The molecule has 3 rings (SSSR count). The van der Waals surface area contributed by atoms with Gasteiger partial charge in [0.15, 0.2) is 5.76 Å². The molecule has 0 aliphatic rings. The van der Waals surface area contributed by atoms with E-state index in [4.69, 9.17) is 8.83 Å². The van der Waals surface area contributed by atoms with Crippen LogP contribution in [-0.4, -0.2) is 10.2 Å². The van der Waals surface area contributed by atoms with Crippen molar-refractivity contribution in [3.63, 3.8) is 0 Å². The minimum atomic E-state index is 0. The summed E-state index contributed by atoms with van der Waals surface area (Å²) in [4.78, 5) is 0. The molecule has 0 saturated heterocycles. The summed E-state index contributed by atoms with van der Waals surface area (Å²) in [6.07, 6.45) is 1.57. The van der Waals surface area contributed by atoms with E-state index < -0.39 is 0 Å². The van der Waals surface area contributed by atoms with Gasteiger partial charge in [-0.25, -0.2) is 0 Å². The topological polar surface area (TPSA) is 52.1 Å². The molecule has 0 spiro atoms. The molecule has 0 amide bonds. The maximum absolute atomic E-state index is 5.54. The van der Waals surface area contributed by atoms with Gasteiger partial charge in [0, 0.05) is 5.56 Å². The molecular weight excluding hydrogens is 264 g/mol. The van der Waals surface area contributed by atoms with Crippen LogP contribution in [0.5, 0.6) is 0 Å². The Hall–Kier alpha value is -2.36. The van der Waals surface area contributed by atoms with E-state index in [-0.39, 0.29) is 14.9 Å². The van der Waals surface area contributed by atoms with Crippen LogP contribution in [0.15, 0.2) is 51.5 Å². The molecule has 0 aliphatic carbocycles. The molecule has 0 unspecified atom stereocenters. The number of benzene rings is 1.